The molecule has 0 bridgehead atoms. The summed E-state index contributed by atoms with van der Waals surface area (Å²) in [6, 6.07) is 20.9. The molecule has 1 N–H and O–H groups in total. The first-order valence-corrected chi connectivity index (χ1v) is 10.5. The van der Waals surface area contributed by atoms with E-state index in [0.717, 1.165) is 22.0 Å². The van der Waals surface area contributed by atoms with Crippen LogP contribution in [0.4, 0.5) is 4.39 Å². The predicted molar refractivity (Wildman–Crippen MR) is 126 cm³/mol. The van der Waals surface area contributed by atoms with Crippen LogP contribution < -0.4 is 10.9 Å². The topological polar surface area (TPSA) is 68.9 Å². The number of halogens is 1. The van der Waals surface area contributed by atoms with Crippen LogP contribution in [-0.4, -0.2) is 20.3 Å². The van der Waals surface area contributed by atoms with Gasteiger partial charge in [0.05, 0.1) is 5.69 Å². The predicted octanol–water partition coefficient (Wildman–Crippen LogP) is 4.25. The zero-order valence-electron chi connectivity index (χ0n) is 18.2. The van der Waals surface area contributed by atoms with E-state index in [1.54, 1.807) is 28.8 Å². The third-order valence-electron chi connectivity index (χ3n) is 5.80. The van der Waals surface area contributed by atoms with Gasteiger partial charge in [-0.2, -0.15) is 9.78 Å². The van der Waals surface area contributed by atoms with E-state index >= 15 is 0 Å². The van der Waals surface area contributed by atoms with Crippen molar-refractivity contribution in [3.8, 4) is 5.69 Å². The molecule has 1 amide bonds. The van der Waals surface area contributed by atoms with E-state index in [0.29, 0.717) is 16.6 Å². The third-order valence-corrected chi connectivity index (χ3v) is 5.80. The first kappa shape index (κ1) is 20.6. The summed E-state index contributed by atoms with van der Waals surface area (Å²) in [4.78, 5) is 26.8. The number of hydrogen-bond acceptors (Lipinski definition) is 3. The summed E-state index contributed by atoms with van der Waals surface area (Å²) >= 11 is 0. The molecule has 2 aromatic heterocycles. The molecule has 0 atom stereocenters. The molecule has 0 aliphatic rings. The number of fused-ring (bicyclic) bond motifs is 3. The van der Waals surface area contributed by atoms with Crippen molar-refractivity contribution in [2.45, 2.75) is 13.5 Å². The van der Waals surface area contributed by atoms with Crippen LogP contribution >= 0.6 is 0 Å². The summed E-state index contributed by atoms with van der Waals surface area (Å²) in [7, 11) is 1.81. The SMILES string of the molecule is Cc1ccc(-n2nc(C(=O)NCc3ccc(F)cc3)c3c4ccccc4n(C)c3c2=O)cc1. The van der Waals surface area contributed by atoms with E-state index in [1.807, 2.05) is 50.4 Å². The molecule has 7 heteroatoms. The van der Waals surface area contributed by atoms with Gasteiger partial charge in [-0.1, -0.05) is 48.0 Å². The normalized spacial score (nSPS) is 11.2. The van der Waals surface area contributed by atoms with Crippen molar-refractivity contribution in [2.75, 3.05) is 0 Å². The Morgan fingerprint density at radius 3 is 2.42 bits per heavy atom. The van der Waals surface area contributed by atoms with Gasteiger partial charge in [0.1, 0.15) is 11.3 Å². The van der Waals surface area contributed by atoms with Crippen LogP contribution in [0, 0.1) is 12.7 Å². The summed E-state index contributed by atoms with van der Waals surface area (Å²) in [5.41, 5.74) is 3.47. The van der Waals surface area contributed by atoms with Crippen LogP contribution in [0.2, 0.25) is 0 Å². The van der Waals surface area contributed by atoms with E-state index in [-0.39, 0.29) is 23.6 Å². The lowest BCUT2D eigenvalue weighted by Gasteiger charge is -2.11. The number of para-hydroxylation sites is 1. The highest BCUT2D eigenvalue weighted by atomic mass is 19.1. The van der Waals surface area contributed by atoms with Crippen molar-refractivity contribution in [2.24, 2.45) is 7.05 Å². The minimum atomic E-state index is -0.415. The molecular formula is C26H21FN4O2. The summed E-state index contributed by atoms with van der Waals surface area (Å²) in [5.74, 6) is -0.754. The van der Waals surface area contributed by atoms with Gasteiger partial charge >= 0.3 is 0 Å². The Balaban J connectivity index is 1.70. The van der Waals surface area contributed by atoms with Crippen molar-refractivity contribution >= 4 is 27.7 Å². The molecule has 5 rings (SSSR count). The van der Waals surface area contributed by atoms with Gasteiger partial charge in [0.2, 0.25) is 0 Å². The molecule has 0 aliphatic heterocycles. The van der Waals surface area contributed by atoms with Gasteiger partial charge in [-0.25, -0.2) is 4.39 Å². The fourth-order valence-electron chi connectivity index (χ4n) is 4.07. The van der Waals surface area contributed by atoms with Crippen LogP contribution in [0.5, 0.6) is 0 Å². The van der Waals surface area contributed by atoms with Gasteiger partial charge < -0.3 is 9.88 Å². The van der Waals surface area contributed by atoms with Gasteiger partial charge in [-0.15, -0.1) is 0 Å². The van der Waals surface area contributed by atoms with Crippen LogP contribution in [0.15, 0.2) is 77.6 Å². The van der Waals surface area contributed by atoms with Crippen LogP contribution in [0.3, 0.4) is 0 Å². The molecule has 2 heterocycles. The van der Waals surface area contributed by atoms with Crippen molar-refractivity contribution in [1.82, 2.24) is 19.7 Å². The quantitative estimate of drug-likeness (QED) is 0.454. The van der Waals surface area contributed by atoms with E-state index in [2.05, 4.69) is 10.4 Å². The standard InChI is InChI=1S/C26H21FN4O2/c1-16-7-13-19(14-8-16)31-26(33)24-22(20-5-3-4-6-21(20)30(24)2)23(29-31)25(32)28-15-17-9-11-18(27)12-10-17/h3-14H,15H2,1-2H3,(H,28,32). The third kappa shape index (κ3) is 3.57. The number of nitrogens with zero attached hydrogens (tertiary/aromatic N) is 3. The average Bonchev–Trinajstić information content (AvgIpc) is 3.13. The zero-order valence-corrected chi connectivity index (χ0v) is 18.2. The van der Waals surface area contributed by atoms with E-state index in [9.17, 15) is 14.0 Å². The fraction of sp³-hybridized carbons (Fsp3) is 0.115. The maximum absolute atomic E-state index is 13.5. The molecular weight excluding hydrogens is 419 g/mol. The number of benzene rings is 3. The van der Waals surface area contributed by atoms with Crippen molar-refractivity contribution < 1.29 is 9.18 Å². The summed E-state index contributed by atoms with van der Waals surface area (Å²) < 4.78 is 16.3. The number of carbonyl (C=O) groups excluding carboxylic acids is 1. The first-order chi connectivity index (χ1) is 15.9. The summed E-state index contributed by atoms with van der Waals surface area (Å²) in [5, 5.41) is 8.66. The van der Waals surface area contributed by atoms with E-state index in [4.69, 9.17) is 0 Å². The van der Waals surface area contributed by atoms with Crippen molar-refractivity contribution in [3.05, 3.63) is 106 Å². The lowest BCUT2D eigenvalue weighted by Crippen LogP contribution is -2.30. The number of nitrogens with one attached hydrogen (secondary N) is 1. The van der Waals surface area contributed by atoms with Crippen LogP contribution in [0.1, 0.15) is 21.6 Å². The molecule has 6 nitrogen and oxygen atoms in total. The number of hydrogen-bond donors (Lipinski definition) is 1. The second-order valence-corrected chi connectivity index (χ2v) is 8.01. The van der Waals surface area contributed by atoms with Gasteiger partial charge in [-0.3, -0.25) is 9.59 Å². The van der Waals surface area contributed by atoms with Crippen molar-refractivity contribution in [3.63, 3.8) is 0 Å². The fourth-order valence-corrected chi connectivity index (χ4v) is 4.07. The minimum absolute atomic E-state index is 0.157. The first-order valence-electron chi connectivity index (χ1n) is 10.5. The average molecular weight is 440 g/mol. The largest absolute Gasteiger partial charge is 0.347 e. The molecule has 0 saturated heterocycles. The molecule has 33 heavy (non-hydrogen) atoms. The second-order valence-electron chi connectivity index (χ2n) is 8.01. The molecule has 0 radical (unpaired) electrons. The van der Waals surface area contributed by atoms with E-state index < -0.39 is 5.91 Å². The molecule has 0 fully saturated rings. The van der Waals surface area contributed by atoms with Crippen LogP contribution in [-0.2, 0) is 13.6 Å². The molecule has 164 valence electrons. The Hall–Kier alpha value is -4.26. The Bertz CT molecular complexity index is 1570. The molecule has 5 aromatic rings. The Labute approximate surface area is 188 Å². The molecule has 0 aliphatic carbocycles. The number of amides is 1. The van der Waals surface area contributed by atoms with Gasteiger partial charge in [0.15, 0.2) is 5.69 Å². The summed E-state index contributed by atoms with van der Waals surface area (Å²) in [6.45, 7) is 2.16. The minimum Gasteiger partial charge on any atom is -0.347 e. The zero-order chi connectivity index (χ0) is 23.1. The van der Waals surface area contributed by atoms with Gasteiger partial charge in [0.25, 0.3) is 11.5 Å². The Morgan fingerprint density at radius 2 is 1.70 bits per heavy atom. The highest BCUT2D eigenvalue weighted by molar-refractivity contribution is 6.16. The molecule has 3 aromatic carbocycles. The number of aryl methyl sites for hydroxylation is 2. The number of aromatic nitrogens is 3. The number of carbonyl (C=O) groups is 1. The smallest absolute Gasteiger partial charge is 0.296 e. The van der Waals surface area contributed by atoms with Crippen molar-refractivity contribution in [1.29, 1.82) is 0 Å². The Morgan fingerprint density at radius 1 is 1.00 bits per heavy atom. The lowest BCUT2D eigenvalue weighted by atomic mass is 10.1. The molecule has 0 spiro atoms. The Kier molecular flexibility index (Phi) is 5.01. The second kappa shape index (κ2) is 8.02. The maximum Gasteiger partial charge on any atom is 0.296 e. The summed E-state index contributed by atoms with van der Waals surface area (Å²) in [6.07, 6.45) is 0. The van der Waals surface area contributed by atoms with Gasteiger partial charge in [-0.05, 0) is 42.8 Å². The monoisotopic (exact) mass is 440 g/mol. The van der Waals surface area contributed by atoms with E-state index in [1.165, 1.54) is 16.8 Å². The molecule has 0 saturated carbocycles. The lowest BCUT2D eigenvalue weighted by molar-refractivity contribution is 0.0946. The molecule has 0 unspecified atom stereocenters. The highest BCUT2D eigenvalue weighted by Gasteiger charge is 2.23. The maximum atomic E-state index is 13.5. The highest BCUT2D eigenvalue weighted by Crippen LogP contribution is 2.28. The number of rotatable bonds is 4. The van der Waals surface area contributed by atoms with Crippen LogP contribution in [0.25, 0.3) is 27.5 Å². The van der Waals surface area contributed by atoms with Gasteiger partial charge in [0, 0.05) is 29.9 Å².